The summed E-state index contributed by atoms with van der Waals surface area (Å²) in [6, 6.07) is 13.3. The van der Waals surface area contributed by atoms with E-state index in [-0.39, 0.29) is 0 Å². The molecule has 0 bridgehead atoms. The summed E-state index contributed by atoms with van der Waals surface area (Å²) in [4.78, 5) is 0. The molecular weight excluding hydrogens is 468 g/mol. The van der Waals surface area contributed by atoms with Crippen molar-refractivity contribution in [2.24, 2.45) is 5.92 Å². The van der Waals surface area contributed by atoms with Gasteiger partial charge in [-0.25, -0.2) is 0 Å². The molecule has 0 spiro atoms. The smallest absolute Gasteiger partial charge is 0.00863 e. The van der Waals surface area contributed by atoms with E-state index in [0.29, 0.717) is 5.92 Å². The van der Waals surface area contributed by atoms with E-state index in [4.69, 9.17) is 0 Å². The summed E-state index contributed by atoms with van der Waals surface area (Å²) < 4.78 is 0. The minimum absolute atomic E-state index is 0.677. The van der Waals surface area contributed by atoms with Crippen LogP contribution in [0.15, 0.2) is 73.4 Å². The Balaban J connectivity index is 0. The lowest BCUT2D eigenvalue weighted by Gasteiger charge is -2.16. The molecule has 0 N–H and O–H groups in total. The highest BCUT2D eigenvalue weighted by molar-refractivity contribution is 5.79. The molecule has 0 aliphatic heterocycles. The summed E-state index contributed by atoms with van der Waals surface area (Å²) in [7, 11) is 0. The molecule has 1 fully saturated rings. The van der Waals surface area contributed by atoms with E-state index in [2.05, 4.69) is 122 Å². The average Bonchev–Trinajstić information content (AvgIpc) is 3.76. The molecule has 1 saturated carbocycles. The SMILES string of the molecule is C#C.C=C(C)CC.C=C(C)c1ccc(-c2ccc(/C(C)=C(/C#CC)C3CC3)c(C)c2C)cc1.C=CC.CCC. The van der Waals surface area contributed by atoms with Gasteiger partial charge in [-0.3, -0.25) is 0 Å². The maximum Gasteiger partial charge on any atom is 0.00863 e. The molecule has 1 aliphatic rings. The van der Waals surface area contributed by atoms with Crippen LogP contribution in [0.1, 0.15) is 103 Å². The largest absolute Gasteiger partial charge is 0.124 e. The Morgan fingerprint density at radius 1 is 0.923 bits per heavy atom. The van der Waals surface area contributed by atoms with Gasteiger partial charge < -0.3 is 0 Å². The number of allylic oxidation sites excluding steroid dienone is 5. The van der Waals surface area contributed by atoms with Crippen LogP contribution in [-0.4, -0.2) is 0 Å². The zero-order valence-corrected chi connectivity index (χ0v) is 26.7. The summed E-state index contributed by atoms with van der Waals surface area (Å²) in [5.41, 5.74) is 12.9. The zero-order valence-electron chi connectivity index (χ0n) is 26.7. The first-order chi connectivity index (χ1) is 18.5. The molecule has 3 rings (SSSR count). The topological polar surface area (TPSA) is 0 Å². The molecule has 0 heteroatoms. The summed E-state index contributed by atoms with van der Waals surface area (Å²) in [5, 5.41) is 0. The lowest BCUT2D eigenvalue weighted by Crippen LogP contribution is -1.97. The molecule has 2 aromatic carbocycles. The number of terminal acetylenes is 1. The maximum absolute atomic E-state index is 4.03. The van der Waals surface area contributed by atoms with Gasteiger partial charge in [0.1, 0.15) is 0 Å². The van der Waals surface area contributed by atoms with Crippen molar-refractivity contribution in [1.29, 1.82) is 0 Å². The Morgan fingerprint density at radius 3 is 1.74 bits per heavy atom. The van der Waals surface area contributed by atoms with E-state index < -0.39 is 0 Å². The van der Waals surface area contributed by atoms with Crippen molar-refractivity contribution in [3.63, 3.8) is 0 Å². The Labute approximate surface area is 243 Å². The Bertz CT molecular complexity index is 1150. The van der Waals surface area contributed by atoms with Crippen LogP contribution in [0.25, 0.3) is 22.3 Å². The van der Waals surface area contributed by atoms with Crippen molar-refractivity contribution >= 4 is 11.1 Å². The molecular formula is C39H54. The summed E-state index contributed by atoms with van der Waals surface area (Å²) in [5.74, 6) is 7.16. The summed E-state index contributed by atoms with van der Waals surface area (Å²) in [6.07, 6.45) is 14.7. The van der Waals surface area contributed by atoms with Crippen molar-refractivity contribution in [3.05, 3.63) is 95.6 Å². The molecule has 39 heavy (non-hydrogen) atoms. The van der Waals surface area contributed by atoms with E-state index in [0.717, 1.165) is 12.0 Å². The van der Waals surface area contributed by atoms with Gasteiger partial charge in [0.15, 0.2) is 0 Å². The van der Waals surface area contributed by atoms with Crippen LogP contribution in [0.4, 0.5) is 0 Å². The lowest BCUT2D eigenvalue weighted by atomic mass is 9.88. The highest BCUT2D eigenvalue weighted by atomic mass is 14.3. The third-order valence-corrected chi connectivity index (χ3v) is 6.13. The Morgan fingerprint density at radius 2 is 1.38 bits per heavy atom. The maximum atomic E-state index is 4.03. The van der Waals surface area contributed by atoms with Crippen LogP contribution in [0.3, 0.4) is 0 Å². The second-order valence-electron chi connectivity index (χ2n) is 9.88. The zero-order chi connectivity index (χ0) is 30.5. The van der Waals surface area contributed by atoms with E-state index in [1.807, 2.05) is 27.7 Å². The predicted octanol–water partition coefficient (Wildman–Crippen LogP) is 12.0. The fraction of sp³-hybridized carbons (Fsp3) is 0.385. The molecule has 0 atom stereocenters. The van der Waals surface area contributed by atoms with Gasteiger partial charge in [-0.2, -0.15) is 0 Å². The molecule has 0 aromatic heterocycles. The first-order valence-corrected chi connectivity index (χ1v) is 14.1. The van der Waals surface area contributed by atoms with Crippen LogP contribution in [-0.2, 0) is 0 Å². The molecule has 1 aliphatic carbocycles. The highest BCUT2D eigenvalue weighted by Gasteiger charge is 2.27. The van der Waals surface area contributed by atoms with Gasteiger partial charge >= 0.3 is 0 Å². The van der Waals surface area contributed by atoms with Gasteiger partial charge in [0.2, 0.25) is 0 Å². The van der Waals surface area contributed by atoms with Crippen molar-refractivity contribution in [2.75, 3.05) is 0 Å². The van der Waals surface area contributed by atoms with E-state index >= 15 is 0 Å². The standard InChI is InChI=1S/C26H28.C5H10.C3H8.C3H6.C2H2/c1-7-8-25(22-13-14-22)20(6)24-15-16-26(19(5)18(24)4)23-11-9-21(10-12-23)17(2)3;1-4-5(2)3;2*1-3-2;1-2/h9-12,15-16,22H,2,13-14H2,1,3-6H3;2,4H2,1,3H3;3H2,1-2H3;3H,1H2,2H3;1-2H/b25-20-;;;;. The highest BCUT2D eigenvalue weighted by Crippen LogP contribution is 2.41. The minimum atomic E-state index is 0.677. The van der Waals surface area contributed by atoms with Gasteiger partial charge in [0.25, 0.3) is 0 Å². The van der Waals surface area contributed by atoms with E-state index in [9.17, 15) is 0 Å². The fourth-order valence-corrected chi connectivity index (χ4v) is 3.63. The third kappa shape index (κ3) is 13.8. The monoisotopic (exact) mass is 522 g/mol. The summed E-state index contributed by atoms with van der Waals surface area (Å²) in [6.45, 7) is 32.0. The first-order valence-electron chi connectivity index (χ1n) is 14.1. The second kappa shape index (κ2) is 21.5. The van der Waals surface area contributed by atoms with Crippen LogP contribution in [0, 0.1) is 44.5 Å². The van der Waals surface area contributed by atoms with Crippen LogP contribution >= 0.6 is 0 Å². The van der Waals surface area contributed by atoms with Gasteiger partial charge in [-0.05, 0) is 113 Å². The third-order valence-electron chi connectivity index (χ3n) is 6.13. The molecule has 0 radical (unpaired) electrons. The Hall–Kier alpha value is -3.48. The summed E-state index contributed by atoms with van der Waals surface area (Å²) >= 11 is 0. The number of hydrogen-bond donors (Lipinski definition) is 0. The van der Waals surface area contributed by atoms with Crippen LogP contribution < -0.4 is 0 Å². The molecule has 210 valence electrons. The number of rotatable bonds is 5. The van der Waals surface area contributed by atoms with E-state index in [1.165, 1.54) is 69.4 Å². The first kappa shape index (κ1) is 37.7. The number of hydrogen-bond acceptors (Lipinski definition) is 0. The Kier molecular flexibility index (Phi) is 20.7. The molecule has 0 saturated heterocycles. The van der Waals surface area contributed by atoms with Crippen molar-refractivity contribution in [1.82, 2.24) is 0 Å². The number of benzene rings is 2. The van der Waals surface area contributed by atoms with E-state index in [1.54, 1.807) is 6.08 Å². The normalized spacial score (nSPS) is 11.4. The molecule has 0 heterocycles. The molecule has 0 unspecified atom stereocenters. The quantitative estimate of drug-likeness (QED) is 0.270. The van der Waals surface area contributed by atoms with Gasteiger partial charge in [-0.15, -0.1) is 31.9 Å². The second-order valence-corrected chi connectivity index (χ2v) is 9.88. The van der Waals surface area contributed by atoms with Crippen LogP contribution in [0.5, 0.6) is 0 Å². The average molecular weight is 523 g/mol. The molecule has 2 aromatic rings. The molecule has 0 amide bonds. The van der Waals surface area contributed by atoms with Crippen LogP contribution in [0.2, 0.25) is 0 Å². The van der Waals surface area contributed by atoms with Crippen molar-refractivity contribution in [2.45, 2.75) is 94.9 Å². The van der Waals surface area contributed by atoms with Crippen molar-refractivity contribution in [3.8, 4) is 35.8 Å². The van der Waals surface area contributed by atoms with Gasteiger partial charge in [-0.1, -0.05) is 93.3 Å². The van der Waals surface area contributed by atoms with Gasteiger partial charge in [0.05, 0.1) is 0 Å². The van der Waals surface area contributed by atoms with Gasteiger partial charge in [0, 0.05) is 5.57 Å². The molecule has 0 nitrogen and oxygen atoms in total. The minimum Gasteiger partial charge on any atom is -0.124 e. The predicted molar refractivity (Wildman–Crippen MR) is 182 cm³/mol. The lowest BCUT2D eigenvalue weighted by molar-refractivity contribution is 1.06. The van der Waals surface area contributed by atoms with Crippen molar-refractivity contribution < 1.29 is 0 Å². The fourth-order valence-electron chi connectivity index (χ4n) is 3.63.